The fourth-order valence-electron chi connectivity index (χ4n) is 3.17. The Kier molecular flexibility index (Phi) is 3.55. The number of aliphatic hydroxyl groups is 1. The molecule has 0 radical (unpaired) electrons. The molecule has 2 heterocycles. The zero-order valence-electron chi connectivity index (χ0n) is 11.7. The summed E-state index contributed by atoms with van der Waals surface area (Å²) in [5.41, 5.74) is 1.93. The Morgan fingerprint density at radius 2 is 2.10 bits per heavy atom. The molecule has 21 heavy (non-hydrogen) atoms. The molecular formula is C15H18N2O4. The van der Waals surface area contributed by atoms with Crippen LogP contribution in [0.3, 0.4) is 0 Å². The number of benzene rings is 1. The van der Waals surface area contributed by atoms with Gasteiger partial charge in [-0.2, -0.15) is 0 Å². The largest absolute Gasteiger partial charge is 0.478 e. The molecule has 0 aromatic heterocycles. The van der Waals surface area contributed by atoms with E-state index in [1.165, 1.54) is 6.07 Å². The van der Waals surface area contributed by atoms with Crippen molar-refractivity contribution in [3.05, 3.63) is 29.3 Å². The molecule has 0 spiro atoms. The van der Waals surface area contributed by atoms with Crippen LogP contribution in [0.15, 0.2) is 18.2 Å². The van der Waals surface area contributed by atoms with Crippen LogP contribution in [-0.2, 0) is 6.42 Å². The highest BCUT2D eigenvalue weighted by molar-refractivity contribution is 5.96. The average molecular weight is 290 g/mol. The van der Waals surface area contributed by atoms with Gasteiger partial charge in [-0.15, -0.1) is 0 Å². The van der Waals surface area contributed by atoms with Gasteiger partial charge in [-0.1, -0.05) is 0 Å². The molecule has 0 aliphatic carbocycles. The van der Waals surface area contributed by atoms with Crippen molar-refractivity contribution in [1.82, 2.24) is 4.90 Å². The van der Waals surface area contributed by atoms with Gasteiger partial charge in [-0.25, -0.2) is 9.59 Å². The first-order valence-electron chi connectivity index (χ1n) is 7.17. The monoisotopic (exact) mass is 290 g/mol. The number of amides is 2. The number of aliphatic hydroxyl groups excluding tert-OH is 1. The molecule has 6 nitrogen and oxygen atoms in total. The second kappa shape index (κ2) is 5.37. The van der Waals surface area contributed by atoms with E-state index in [1.54, 1.807) is 21.9 Å². The Bertz CT molecular complexity index is 587. The predicted molar refractivity (Wildman–Crippen MR) is 76.7 cm³/mol. The van der Waals surface area contributed by atoms with Crippen LogP contribution in [0.1, 0.15) is 28.8 Å². The van der Waals surface area contributed by atoms with Gasteiger partial charge in [0.15, 0.2) is 0 Å². The molecule has 2 aliphatic rings. The third kappa shape index (κ3) is 2.35. The highest BCUT2D eigenvalue weighted by Gasteiger charge is 2.34. The van der Waals surface area contributed by atoms with Gasteiger partial charge in [0, 0.05) is 18.8 Å². The average Bonchev–Trinajstić information content (AvgIpc) is 3.12. The summed E-state index contributed by atoms with van der Waals surface area (Å²) >= 11 is 0. The van der Waals surface area contributed by atoms with E-state index in [1.807, 2.05) is 0 Å². The number of hydrogen-bond acceptors (Lipinski definition) is 3. The van der Waals surface area contributed by atoms with E-state index in [9.17, 15) is 14.7 Å². The minimum absolute atomic E-state index is 0.00953. The molecule has 2 aliphatic heterocycles. The number of likely N-dealkylation sites (tertiary alicyclic amines) is 1. The second-order valence-electron chi connectivity index (χ2n) is 5.50. The Morgan fingerprint density at radius 1 is 1.29 bits per heavy atom. The Labute approximate surface area is 122 Å². The maximum atomic E-state index is 12.6. The highest BCUT2D eigenvalue weighted by Crippen LogP contribution is 2.31. The van der Waals surface area contributed by atoms with Crippen molar-refractivity contribution >= 4 is 17.7 Å². The molecule has 2 N–H and O–H groups in total. The number of urea groups is 1. The van der Waals surface area contributed by atoms with Gasteiger partial charge in [-0.3, -0.25) is 4.90 Å². The van der Waals surface area contributed by atoms with Crippen LogP contribution in [-0.4, -0.2) is 52.9 Å². The molecule has 1 fully saturated rings. The number of carbonyl (C=O) groups excluding carboxylic acids is 1. The minimum atomic E-state index is -0.956. The number of carbonyl (C=O) groups is 2. The van der Waals surface area contributed by atoms with Crippen molar-refractivity contribution in [2.45, 2.75) is 25.3 Å². The van der Waals surface area contributed by atoms with E-state index in [2.05, 4.69) is 0 Å². The molecule has 1 saturated heterocycles. The quantitative estimate of drug-likeness (QED) is 0.861. The number of carboxylic acids is 1. The summed E-state index contributed by atoms with van der Waals surface area (Å²) < 4.78 is 0. The summed E-state index contributed by atoms with van der Waals surface area (Å²) in [5, 5.41) is 18.4. The van der Waals surface area contributed by atoms with Crippen LogP contribution in [0.5, 0.6) is 0 Å². The van der Waals surface area contributed by atoms with Crippen LogP contribution in [0.2, 0.25) is 0 Å². The van der Waals surface area contributed by atoms with Crippen molar-refractivity contribution in [2.24, 2.45) is 0 Å². The summed E-state index contributed by atoms with van der Waals surface area (Å²) in [6, 6.07) is 4.68. The number of anilines is 1. The lowest BCUT2D eigenvalue weighted by molar-refractivity contribution is 0.0697. The lowest BCUT2D eigenvalue weighted by Crippen LogP contribution is -2.46. The third-order valence-electron chi connectivity index (χ3n) is 4.29. The molecule has 1 atom stereocenters. The van der Waals surface area contributed by atoms with Crippen LogP contribution >= 0.6 is 0 Å². The summed E-state index contributed by atoms with van der Waals surface area (Å²) in [6.07, 6.45) is 2.41. The van der Waals surface area contributed by atoms with E-state index in [0.717, 1.165) is 24.1 Å². The maximum absolute atomic E-state index is 12.6. The van der Waals surface area contributed by atoms with E-state index in [0.29, 0.717) is 19.5 Å². The number of hydrogen-bond donors (Lipinski definition) is 2. The van der Waals surface area contributed by atoms with Gasteiger partial charge in [0.1, 0.15) is 0 Å². The maximum Gasteiger partial charge on any atom is 0.335 e. The molecule has 3 rings (SSSR count). The Morgan fingerprint density at radius 3 is 2.81 bits per heavy atom. The molecule has 6 heteroatoms. The smallest absolute Gasteiger partial charge is 0.335 e. The highest BCUT2D eigenvalue weighted by atomic mass is 16.4. The van der Waals surface area contributed by atoms with E-state index < -0.39 is 5.97 Å². The first-order chi connectivity index (χ1) is 10.1. The number of rotatable bonds is 2. The van der Waals surface area contributed by atoms with E-state index in [4.69, 9.17) is 5.11 Å². The van der Waals surface area contributed by atoms with Crippen molar-refractivity contribution in [1.29, 1.82) is 0 Å². The standard InChI is InChI=1S/C15H18N2O4/c18-9-12-2-1-6-16(12)15(21)17-7-5-10-8-11(14(19)20)3-4-13(10)17/h3-4,8,12,18H,1-2,5-7,9H2,(H,19,20). The topological polar surface area (TPSA) is 81.1 Å². The SMILES string of the molecule is O=C(O)c1ccc2c(c1)CCN2C(=O)N1CCCC1CO. The first kappa shape index (κ1) is 13.9. The molecule has 1 unspecified atom stereocenters. The van der Waals surface area contributed by atoms with E-state index in [-0.39, 0.29) is 24.2 Å². The number of fused-ring (bicyclic) bond motifs is 1. The summed E-state index contributed by atoms with van der Waals surface area (Å²) in [6.45, 7) is 1.22. The normalized spacial score (nSPS) is 20.7. The number of nitrogens with zero attached hydrogens (tertiary/aromatic N) is 2. The molecule has 1 aromatic carbocycles. The van der Waals surface area contributed by atoms with Gasteiger partial charge >= 0.3 is 12.0 Å². The van der Waals surface area contributed by atoms with Gasteiger partial charge in [-0.05, 0) is 43.0 Å². The molecular weight excluding hydrogens is 272 g/mol. The minimum Gasteiger partial charge on any atom is -0.478 e. The summed E-state index contributed by atoms with van der Waals surface area (Å²) in [5.74, 6) is -0.956. The first-order valence-corrected chi connectivity index (χ1v) is 7.17. The Hall–Kier alpha value is -2.08. The number of aromatic carboxylic acids is 1. The zero-order valence-corrected chi connectivity index (χ0v) is 11.7. The van der Waals surface area contributed by atoms with Crippen LogP contribution in [0, 0.1) is 0 Å². The van der Waals surface area contributed by atoms with Gasteiger partial charge < -0.3 is 15.1 Å². The molecule has 0 bridgehead atoms. The van der Waals surface area contributed by atoms with Crippen molar-refractivity contribution in [3.63, 3.8) is 0 Å². The summed E-state index contributed by atoms with van der Waals surface area (Å²) in [4.78, 5) is 27.0. The lowest BCUT2D eigenvalue weighted by Gasteiger charge is -2.28. The van der Waals surface area contributed by atoms with Crippen LogP contribution in [0.4, 0.5) is 10.5 Å². The van der Waals surface area contributed by atoms with Crippen molar-refractivity contribution in [3.8, 4) is 0 Å². The third-order valence-corrected chi connectivity index (χ3v) is 4.29. The van der Waals surface area contributed by atoms with Gasteiger partial charge in [0.2, 0.25) is 0 Å². The van der Waals surface area contributed by atoms with Crippen LogP contribution in [0.25, 0.3) is 0 Å². The van der Waals surface area contributed by atoms with Crippen molar-refractivity contribution < 1.29 is 19.8 Å². The molecule has 112 valence electrons. The summed E-state index contributed by atoms with van der Waals surface area (Å²) in [7, 11) is 0. The molecule has 1 aromatic rings. The van der Waals surface area contributed by atoms with E-state index >= 15 is 0 Å². The van der Waals surface area contributed by atoms with Gasteiger partial charge in [0.05, 0.1) is 18.2 Å². The lowest BCUT2D eigenvalue weighted by atomic mass is 10.1. The fraction of sp³-hybridized carbons (Fsp3) is 0.467. The van der Waals surface area contributed by atoms with Crippen molar-refractivity contribution in [2.75, 3.05) is 24.6 Å². The molecule has 2 amide bonds. The molecule has 0 saturated carbocycles. The predicted octanol–water partition coefficient (Wildman–Crippen LogP) is 1.32. The zero-order chi connectivity index (χ0) is 15.0. The fourth-order valence-corrected chi connectivity index (χ4v) is 3.17. The second-order valence-corrected chi connectivity index (χ2v) is 5.50. The number of carboxylic acid groups (broad SMARTS) is 1. The van der Waals surface area contributed by atoms with Gasteiger partial charge in [0.25, 0.3) is 0 Å². The van der Waals surface area contributed by atoms with Crippen LogP contribution < -0.4 is 4.90 Å². The Balaban J connectivity index is 1.84.